The van der Waals surface area contributed by atoms with Crippen LogP contribution in [0.3, 0.4) is 0 Å². The SMILES string of the molecule is CC(=O)[BH-](C(C)=O)C(C)=O. The van der Waals surface area contributed by atoms with Crippen molar-refractivity contribution in [1.29, 1.82) is 0 Å². The maximum absolute atomic E-state index is 10.6. The van der Waals surface area contributed by atoms with Crippen LogP contribution in [-0.4, -0.2) is 23.8 Å². The Morgan fingerprint density at radius 2 is 1.00 bits per heavy atom. The van der Waals surface area contributed by atoms with Crippen molar-refractivity contribution in [3.63, 3.8) is 0 Å². The zero-order valence-electron chi connectivity index (χ0n) is 6.43. The first-order valence-electron chi connectivity index (χ1n) is 3.17. The molecule has 56 valence electrons. The van der Waals surface area contributed by atoms with Gasteiger partial charge in [0, 0.05) is 0 Å². The quantitative estimate of drug-likeness (QED) is 0.502. The van der Waals surface area contributed by atoms with Crippen LogP contribution in [0.25, 0.3) is 0 Å². The third-order valence-electron chi connectivity index (χ3n) is 1.49. The second kappa shape index (κ2) is 3.30. The summed E-state index contributed by atoms with van der Waals surface area (Å²) in [7, 11) is 0. The molecule has 0 rings (SSSR count). The Morgan fingerprint density at radius 1 is 0.800 bits per heavy atom. The first kappa shape index (κ1) is 9.07. The first-order valence-corrected chi connectivity index (χ1v) is 3.17. The molecule has 0 radical (unpaired) electrons. The second-order valence-electron chi connectivity index (χ2n) is 2.64. The highest BCUT2D eigenvalue weighted by Crippen LogP contribution is 1.88. The van der Waals surface area contributed by atoms with Gasteiger partial charge in [0.05, 0.1) is 0 Å². The van der Waals surface area contributed by atoms with Gasteiger partial charge in [-0.15, -0.1) is 0 Å². The van der Waals surface area contributed by atoms with Crippen LogP contribution >= 0.6 is 0 Å². The molecule has 0 aliphatic rings. The summed E-state index contributed by atoms with van der Waals surface area (Å²) in [5.74, 6) is 0. The average Bonchev–Trinajstić information content (AvgIpc) is 1.59. The van der Waals surface area contributed by atoms with Crippen molar-refractivity contribution in [3.05, 3.63) is 0 Å². The summed E-state index contributed by atoms with van der Waals surface area (Å²) in [6.07, 6.45) is 0. The number of carbonyl (C=O) groups is 3. The highest BCUT2D eigenvalue weighted by molar-refractivity contribution is 7.27. The zero-order valence-corrected chi connectivity index (χ0v) is 6.43. The first-order chi connectivity index (χ1) is 4.46. The fraction of sp³-hybridized carbons (Fsp3) is 0.500. The normalized spacial score (nSPS) is 9.60. The maximum Gasteiger partial charge on any atom is 0.191 e. The lowest BCUT2D eigenvalue weighted by Crippen LogP contribution is -2.39. The molecule has 4 heteroatoms. The molecule has 0 unspecified atom stereocenters. The van der Waals surface area contributed by atoms with Crippen molar-refractivity contribution < 1.29 is 14.4 Å². The lowest BCUT2D eigenvalue weighted by molar-refractivity contribution is -0.116. The van der Waals surface area contributed by atoms with Gasteiger partial charge in [-0.2, -0.15) is 0 Å². The highest BCUT2D eigenvalue weighted by atomic mass is 16.2. The van der Waals surface area contributed by atoms with Crippen LogP contribution < -0.4 is 0 Å². The fourth-order valence-corrected chi connectivity index (χ4v) is 1.05. The van der Waals surface area contributed by atoms with Gasteiger partial charge in [-0.05, 0) is 37.8 Å². The molecular formula is C6H10BO3-. The predicted octanol–water partition coefficient (Wildman–Crippen LogP) is -0.402. The van der Waals surface area contributed by atoms with E-state index >= 15 is 0 Å². The summed E-state index contributed by atoms with van der Waals surface area (Å²) < 4.78 is 0. The third-order valence-corrected chi connectivity index (χ3v) is 1.49. The van der Waals surface area contributed by atoms with Crippen LogP contribution in [0, 0.1) is 0 Å². The summed E-state index contributed by atoms with van der Waals surface area (Å²) in [4.78, 5) is 31.9. The molecule has 0 saturated heterocycles. The van der Waals surface area contributed by atoms with Crippen molar-refractivity contribution >= 4 is 23.8 Å². The van der Waals surface area contributed by atoms with Gasteiger partial charge in [0.25, 0.3) is 0 Å². The molecule has 0 aliphatic carbocycles. The Bertz CT molecular complexity index is 152. The van der Waals surface area contributed by atoms with Crippen LogP contribution in [-0.2, 0) is 14.4 Å². The molecule has 0 fully saturated rings. The van der Waals surface area contributed by atoms with E-state index in [1.54, 1.807) is 0 Å². The maximum atomic E-state index is 10.6. The Balaban J connectivity index is 4.43. The smallest absolute Gasteiger partial charge is 0.191 e. The summed E-state index contributed by atoms with van der Waals surface area (Å²) in [6.45, 7) is 2.01. The molecule has 0 bridgehead atoms. The predicted molar refractivity (Wildman–Crippen MR) is 39.2 cm³/mol. The molecule has 0 aromatic heterocycles. The third kappa shape index (κ3) is 2.13. The minimum absolute atomic E-state index is 0.292. The Morgan fingerprint density at radius 3 is 1.00 bits per heavy atom. The molecule has 10 heavy (non-hydrogen) atoms. The summed E-state index contributed by atoms with van der Waals surface area (Å²) in [5, 5.41) is 0. The van der Waals surface area contributed by atoms with Gasteiger partial charge in [0.2, 0.25) is 0 Å². The lowest BCUT2D eigenvalue weighted by Gasteiger charge is -2.10. The van der Waals surface area contributed by atoms with Gasteiger partial charge < -0.3 is 14.4 Å². The van der Waals surface area contributed by atoms with E-state index in [2.05, 4.69) is 0 Å². The number of rotatable bonds is 3. The standard InChI is InChI=1S/C6H10BO3/c1-4(8)7(5(2)9)6(3)10/h7H,1-3H3/q-1. The van der Waals surface area contributed by atoms with E-state index in [4.69, 9.17) is 0 Å². The summed E-state index contributed by atoms with van der Waals surface area (Å²) >= 11 is 0. The molecule has 0 saturated carbocycles. The van der Waals surface area contributed by atoms with Crippen LogP contribution in [0.15, 0.2) is 0 Å². The Labute approximate surface area is 59.9 Å². The van der Waals surface area contributed by atoms with Crippen molar-refractivity contribution in [1.82, 2.24) is 0 Å². The van der Waals surface area contributed by atoms with Crippen molar-refractivity contribution in [3.8, 4) is 0 Å². The largest absolute Gasteiger partial charge is 0.346 e. The molecule has 0 spiro atoms. The van der Waals surface area contributed by atoms with E-state index in [0.29, 0.717) is 0 Å². The number of hydrogen-bond donors (Lipinski definition) is 0. The van der Waals surface area contributed by atoms with Crippen molar-refractivity contribution in [2.75, 3.05) is 0 Å². The van der Waals surface area contributed by atoms with Gasteiger partial charge in [0.1, 0.15) is 0 Å². The fourth-order valence-electron chi connectivity index (χ4n) is 1.05. The van der Waals surface area contributed by atoms with Gasteiger partial charge in [-0.1, -0.05) is 0 Å². The number of carbonyl (C=O) groups excluding carboxylic acids is 3. The Hall–Kier alpha value is -0.925. The number of hydrogen-bond acceptors (Lipinski definition) is 3. The van der Waals surface area contributed by atoms with E-state index < -0.39 is 6.71 Å². The van der Waals surface area contributed by atoms with E-state index in [0.717, 1.165) is 0 Å². The summed E-state index contributed by atoms with van der Waals surface area (Å²) in [6, 6.07) is 0. The van der Waals surface area contributed by atoms with E-state index in [9.17, 15) is 14.4 Å². The van der Waals surface area contributed by atoms with Crippen LogP contribution in [0.2, 0.25) is 0 Å². The van der Waals surface area contributed by atoms with Crippen molar-refractivity contribution in [2.45, 2.75) is 20.8 Å². The molecular weight excluding hydrogens is 131 g/mol. The molecule has 0 heterocycles. The molecule has 0 atom stereocenters. The Kier molecular flexibility index (Phi) is 2.99. The van der Waals surface area contributed by atoms with Crippen LogP contribution in [0.1, 0.15) is 20.8 Å². The van der Waals surface area contributed by atoms with Crippen LogP contribution in [0.4, 0.5) is 0 Å². The van der Waals surface area contributed by atoms with Gasteiger partial charge in [-0.25, -0.2) is 0 Å². The van der Waals surface area contributed by atoms with Gasteiger partial charge in [0.15, 0.2) is 6.71 Å². The van der Waals surface area contributed by atoms with E-state index in [1.807, 2.05) is 0 Å². The summed E-state index contributed by atoms with van der Waals surface area (Å²) in [5.41, 5.74) is -0.875. The molecule has 3 nitrogen and oxygen atoms in total. The van der Waals surface area contributed by atoms with Gasteiger partial charge >= 0.3 is 0 Å². The van der Waals surface area contributed by atoms with Gasteiger partial charge in [-0.3, -0.25) is 0 Å². The second-order valence-corrected chi connectivity index (χ2v) is 2.64. The van der Waals surface area contributed by atoms with Crippen molar-refractivity contribution in [2.24, 2.45) is 0 Å². The topological polar surface area (TPSA) is 51.2 Å². The minimum Gasteiger partial charge on any atom is -0.346 e. The molecule has 0 aromatic carbocycles. The minimum atomic E-state index is -1.83. The van der Waals surface area contributed by atoms with Crippen LogP contribution in [0.5, 0.6) is 0 Å². The molecule has 0 N–H and O–H groups in total. The molecule has 0 aliphatic heterocycles. The van der Waals surface area contributed by atoms with E-state index in [-0.39, 0.29) is 17.0 Å². The highest BCUT2D eigenvalue weighted by Gasteiger charge is 2.16. The lowest BCUT2D eigenvalue weighted by atomic mass is 9.41. The average molecular weight is 141 g/mol. The monoisotopic (exact) mass is 141 g/mol. The molecule has 0 aromatic rings. The zero-order chi connectivity index (χ0) is 8.31. The van der Waals surface area contributed by atoms with E-state index in [1.165, 1.54) is 20.8 Å². The molecule has 0 amide bonds.